The fourth-order valence-electron chi connectivity index (χ4n) is 2.43. The predicted molar refractivity (Wildman–Crippen MR) is 55.9 cm³/mol. The molecule has 1 aliphatic carbocycles. The van der Waals surface area contributed by atoms with Crippen LogP contribution in [0.5, 0.6) is 0 Å². The van der Waals surface area contributed by atoms with Crippen LogP contribution in [0.1, 0.15) is 51.2 Å². The first kappa shape index (κ1) is 9.56. The summed E-state index contributed by atoms with van der Waals surface area (Å²) in [5.74, 6) is 1.49. The van der Waals surface area contributed by atoms with Gasteiger partial charge in [0.15, 0.2) is 0 Å². The second-order valence-electron chi connectivity index (χ2n) is 5.06. The van der Waals surface area contributed by atoms with Crippen LogP contribution in [-0.4, -0.2) is 4.98 Å². The molecule has 1 heterocycles. The summed E-state index contributed by atoms with van der Waals surface area (Å²) in [5.41, 5.74) is 5.91. The van der Waals surface area contributed by atoms with Gasteiger partial charge in [0.25, 0.3) is 6.01 Å². The third-order valence-electron chi connectivity index (χ3n) is 3.15. The van der Waals surface area contributed by atoms with Crippen LogP contribution in [-0.2, 0) is 0 Å². The second-order valence-corrected chi connectivity index (χ2v) is 5.06. The Bertz CT molecular complexity index is 317. The van der Waals surface area contributed by atoms with Crippen molar-refractivity contribution in [1.82, 2.24) is 4.98 Å². The average Bonchev–Trinajstić information content (AvgIpc) is 2.50. The largest absolute Gasteiger partial charge is 0.429 e. The molecule has 1 fully saturated rings. The molecule has 1 aromatic heterocycles. The lowest BCUT2D eigenvalue weighted by molar-refractivity contribution is 0.206. The summed E-state index contributed by atoms with van der Waals surface area (Å²) < 4.78 is 5.38. The molecule has 0 bridgehead atoms. The first-order chi connectivity index (χ1) is 6.57. The number of hydrogen-bond acceptors (Lipinski definition) is 3. The summed E-state index contributed by atoms with van der Waals surface area (Å²) in [6, 6.07) is 0.295. The van der Waals surface area contributed by atoms with Crippen LogP contribution in [0.25, 0.3) is 0 Å². The molecule has 78 valence electrons. The van der Waals surface area contributed by atoms with Gasteiger partial charge in [-0.15, -0.1) is 0 Å². The van der Waals surface area contributed by atoms with Crippen molar-refractivity contribution in [3.63, 3.8) is 0 Å². The molecule has 0 aromatic carbocycles. The molecule has 2 rings (SSSR count). The zero-order valence-electron chi connectivity index (χ0n) is 8.92. The van der Waals surface area contributed by atoms with Crippen molar-refractivity contribution >= 4 is 6.01 Å². The molecule has 3 nitrogen and oxygen atoms in total. The van der Waals surface area contributed by atoms with Gasteiger partial charge in [-0.3, -0.25) is 0 Å². The van der Waals surface area contributed by atoms with Gasteiger partial charge in [0.2, 0.25) is 0 Å². The number of oxazole rings is 1. The van der Waals surface area contributed by atoms with Crippen molar-refractivity contribution in [3.8, 4) is 0 Å². The number of hydrogen-bond donors (Lipinski definition) is 1. The Hall–Kier alpha value is -0.990. The third-order valence-corrected chi connectivity index (χ3v) is 3.15. The summed E-state index contributed by atoms with van der Waals surface area (Å²) in [4.78, 5) is 3.95. The van der Waals surface area contributed by atoms with E-state index in [-0.39, 0.29) is 0 Å². The van der Waals surface area contributed by atoms with Crippen molar-refractivity contribution in [3.05, 3.63) is 12.0 Å². The van der Waals surface area contributed by atoms with Gasteiger partial charge in [-0.2, -0.15) is 0 Å². The monoisotopic (exact) mass is 194 g/mol. The van der Waals surface area contributed by atoms with E-state index >= 15 is 0 Å². The van der Waals surface area contributed by atoms with Crippen LogP contribution in [0.3, 0.4) is 0 Å². The fourth-order valence-corrected chi connectivity index (χ4v) is 2.43. The second kappa shape index (κ2) is 3.30. The molecule has 0 aliphatic heterocycles. The Balaban J connectivity index is 2.12. The minimum absolute atomic E-state index is 0.295. The number of rotatable bonds is 1. The van der Waals surface area contributed by atoms with Crippen molar-refractivity contribution in [1.29, 1.82) is 0 Å². The Kier molecular flexibility index (Phi) is 2.25. The van der Waals surface area contributed by atoms with Gasteiger partial charge in [-0.05, 0) is 24.7 Å². The lowest BCUT2D eigenvalue weighted by Gasteiger charge is -2.33. The highest BCUT2D eigenvalue weighted by Crippen LogP contribution is 2.43. The molecular weight excluding hydrogens is 176 g/mol. The van der Waals surface area contributed by atoms with E-state index in [1.165, 1.54) is 25.7 Å². The molecule has 1 aromatic rings. The topological polar surface area (TPSA) is 52.0 Å². The predicted octanol–water partition coefficient (Wildman–Crippen LogP) is 2.94. The Morgan fingerprint density at radius 2 is 2.36 bits per heavy atom. The maximum absolute atomic E-state index is 5.48. The number of nitrogens with two attached hydrogens (primary N) is 1. The van der Waals surface area contributed by atoms with Gasteiger partial charge in [0.05, 0.1) is 6.20 Å². The quantitative estimate of drug-likeness (QED) is 0.747. The standard InChI is InChI=1S/C11H18N2O/c1-11(2)5-3-4-8(6-11)9-7-13-10(12)14-9/h7-8H,3-6H2,1-2H3,(H2,12,13). The molecule has 3 heteroatoms. The Morgan fingerprint density at radius 3 is 2.93 bits per heavy atom. The first-order valence-electron chi connectivity index (χ1n) is 5.28. The van der Waals surface area contributed by atoms with Crippen LogP contribution < -0.4 is 5.73 Å². The highest BCUT2D eigenvalue weighted by Gasteiger charge is 2.30. The number of nitrogens with zero attached hydrogens (tertiary/aromatic N) is 1. The van der Waals surface area contributed by atoms with E-state index in [2.05, 4.69) is 18.8 Å². The summed E-state index contributed by atoms with van der Waals surface area (Å²) in [5, 5.41) is 0. The molecular formula is C11H18N2O. The van der Waals surface area contributed by atoms with Crippen molar-refractivity contribution in [2.75, 3.05) is 5.73 Å². The smallest absolute Gasteiger partial charge is 0.292 e. The SMILES string of the molecule is CC1(C)CCCC(c2cnc(N)o2)C1. The van der Waals surface area contributed by atoms with E-state index < -0.39 is 0 Å². The molecule has 1 atom stereocenters. The number of aromatic nitrogens is 1. The molecule has 0 radical (unpaired) electrons. The highest BCUT2D eigenvalue weighted by atomic mass is 16.4. The summed E-state index contributed by atoms with van der Waals surface area (Å²) in [6.45, 7) is 4.64. The van der Waals surface area contributed by atoms with Crippen molar-refractivity contribution < 1.29 is 4.42 Å². The van der Waals surface area contributed by atoms with E-state index in [0.29, 0.717) is 17.3 Å². The zero-order chi connectivity index (χ0) is 10.2. The minimum Gasteiger partial charge on any atom is -0.429 e. The van der Waals surface area contributed by atoms with E-state index in [1.54, 1.807) is 6.20 Å². The number of nitrogen functional groups attached to an aromatic ring is 1. The maximum atomic E-state index is 5.48. The third kappa shape index (κ3) is 1.91. The highest BCUT2D eigenvalue weighted by molar-refractivity contribution is 5.14. The summed E-state index contributed by atoms with van der Waals surface area (Å²) >= 11 is 0. The molecule has 0 spiro atoms. The minimum atomic E-state index is 0.295. The van der Waals surface area contributed by atoms with Gasteiger partial charge in [-0.1, -0.05) is 20.3 Å². The van der Waals surface area contributed by atoms with E-state index in [0.717, 1.165) is 5.76 Å². The lowest BCUT2D eigenvalue weighted by atomic mass is 9.72. The van der Waals surface area contributed by atoms with Crippen molar-refractivity contribution in [2.24, 2.45) is 5.41 Å². The van der Waals surface area contributed by atoms with Gasteiger partial charge >= 0.3 is 0 Å². The molecule has 1 saturated carbocycles. The van der Waals surface area contributed by atoms with E-state index in [4.69, 9.17) is 10.2 Å². The molecule has 0 saturated heterocycles. The molecule has 1 aliphatic rings. The van der Waals surface area contributed by atoms with Crippen LogP contribution in [0.4, 0.5) is 6.01 Å². The van der Waals surface area contributed by atoms with Crippen molar-refractivity contribution in [2.45, 2.75) is 45.4 Å². The summed E-state index contributed by atoms with van der Waals surface area (Å²) in [7, 11) is 0. The Labute approximate surface area is 84.7 Å². The van der Waals surface area contributed by atoms with Gasteiger partial charge in [-0.25, -0.2) is 4.98 Å². The normalized spacial score (nSPS) is 26.3. The summed E-state index contributed by atoms with van der Waals surface area (Å²) in [6.07, 6.45) is 6.76. The number of anilines is 1. The Morgan fingerprint density at radius 1 is 1.57 bits per heavy atom. The average molecular weight is 194 g/mol. The lowest BCUT2D eigenvalue weighted by Crippen LogP contribution is -2.21. The van der Waals surface area contributed by atoms with E-state index in [1.807, 2.05) is 0 Å². The van der Waals surface area contributed by atoms with Crippen LogP contribution in [0.15, 0.2) is 10.6 Å². The zero-order valence-corrected chi connectivity index (χ0v) is 8.92. The van der Waals surface area contributed by atoms with Crippen LogP contribution >= 0.6 is 0 Å². The van der Waals surface area contributed by atoms with Gasteiger partial charge < -0.3 is 10.2 Å². The van der Waals surface area contributed by atoms with Crippen LogP contribution in [0, 0.1) is 5.41 Å². The fraction of sp³-hybridized carbons (Fsp3) is 0.727. The van der Waals surface area contributed by atoms with E-state index in [9.17, 15) is 0 Å². The molecule has 2 N–H and O–H groups in total. The maximum Gasteiger partial charge on any atom is 0.292 e. The molecule has 1 unspecified atom stereocenters. The van der Waals surface area contributed by atoms with Gasteiger partial charge in [0, 0.05) is 5.92 Å². The first-order valence-corrected chi connectivity index (χ1v) is 5.28. The van der Waals surface area contributed by atoms with Gasteiger partial charge in [0.1, 0.15) is 5.76 Å². The molecule has 14 heavy (non-hydrogen) atoms. The molecule has 0 amide bonds. The van der Waals surface area contributed by atoms with Crippen LogP contribution in [0.2, 0.25) is 0 Å².